The first kappa shape index (κ1) is 17.2. The van der Waals surface area contributed by atoms with Crippen LogP contribution < -0.4 is 10.6 Å². The van der Waals surface area contributed by atoms with Gasteiger partial charge in [-0.05, 0) is 37.0 Å². The number of carbonyl (C=O) groups excluding carboxylic acids is 2. The van der Waals surface area contributed by atoms with E-state index in [0.717, 1.165) is 19.3 Å². The number of nitrogens with one attached hydrogen (secondary N) is 2. The number of para-hydroxylation sites is 1. The van der Waals surface area contributed by atoms with E-state index in [9.17, 15) is 9.59 Å². The van der Waals surface area contributed by atoms with Crippen LogP contribution in [0, 0.1) is 0 Å². The van der Waals surface area contributed by atoms with E-state index in [1.54, 1.807) is 24.3 Å². The quantitative estimate of drug-likeness (QED) is 0.851. The van der Waals surface area contributed by atoms with Crippen molar-refractivity contribution in [2.75, 3.05) is 18.5 Å². The average molecular weight is 338 g/mol. The first-order chi connectivity index (χ1) is 12.2. The lowest BCUT2D eigenvalue weighted by atomic mass is 10.1. The molecule has 1 aliphatic rings. The van der Waals surface area contributed by atoms with Gasteiger partial charge in [-0.2, -0.15) is 0 Å². The van der Waals surface area contributed by atoms with Crippen molar-refractivity contribution in [3.63, 3.8) is 0 Å². The molecule has 5 nitrogen and oxygen atoms in total. The van der Waals surface area contributed by atoms with E-state index in [0.29, 0.717) is 24.4 Å². The third-order valence-corrected chi connectivity index (χ3v) is 4.19. The Bertz CT molecular complexity index is 725. The van der Waals surface area contributed by atoms with E-state index in [2.05, 4.69) is 10.6 Å². The number of anilines is 1. The van der Waals surface area contributed by atoms with Crippen molar-refractivity contribution in [2.24, 2.45) is 0 Å². The smallest absolute Gasteiger partial charge is 0.253 e. The van der Waals surface area contributed by atoms with E-state index in [1.165, 1.54) is 5.56 Å². The molecule has 0 aliphatic carbocycles. The second-order valence-electron chi connectivity index (χ2n) is 6.03. The summed E-state index contributed by atoms with van der Waals surface area (Å²) in [7, 11) is 0. The Morgan fingerprint density at radius 3 is 2.56 bits per heavy atom. The number of ether oxygens (including phenoxy) is 1. The van der Waals surface area contributed by atoms with Crippen LogP contribution in [0.4, 0.5) is 5.69 Å². The molecule has 0 spiro atoms. The van der Waals surface area contributed by atoms with Crippen LogP contribution in [-0.4, -0.2) is 31.1 Å². The number of rotatable bonds is 6. The van der Waals surface area contributed by atoms with E-state index < -0.39 is 6.10 Å². The molecule has 0 aromatic heterocycles. The molecule has 2 N–H and O–H groups in total. The van der Waals surface area contributed by atoms with Gasteiger partial charge in [0.15, 0.2) is 0 Å². The molecular weight excluding hydrogens is 316 g/mol. The van der Waals surface area contributed by atoms with E-state index in [1.807, 2.05) is 30.3 Å². The van der Waals surface area contributed by atoms with Gasteiger partial charge in [0.2, 0.25) is 0 Å². The molecule has 0 radical (unpaired) electrons. The highest BCUT2D eigenvalue weighted by molar-refractivity contribution is 6.04. The predicted molar refractivity (Wildman–Crippen MR) is 96.5 cm³/mol. The van der Waals surface area contributed by atoms with Crippen molar-refractivity contribution in [1.82, 2.24) is 5.32 Å². The van der Waals surface area contributed by atoms with Gasteiger partial charge in [-0.3, -0.25) is 9.59 Å². The van der Waals surface area contributed by atoms with E-state index in [4.69, 9.17) is 4.74 Å². The van der Waals surface area contributed by atoms with Crippen LogP contribution in [0.15, 0.2) is 54.6 Å². The first-order valence-electron chi connectivity index (χ1n) is 8.57. The van der Waals surface area contributed by atoms with Crippen LogP contribution in [0.3, 0.4) is 0 Å². The highest BCUT2D eigenvalue weighted by Crippen LogP contribution is 2.18. The Kier molecular flexibility index (Phi) is 5.80. The summed E-state index contributed by atoms with van der Waals surface area (Å²) in [6.45, 7) is 1.15. The van der Waals surface area contributed by atoms with Crippen molar-refractivity contribution in [3.05, 3.63) is 65.7 Å². The normalized spacial score (nSPS) is 16.4. The fraction of sp³-hybridized carbons (Fsp3) is 0.300. The summed E-state index contributed by atoms with van der Waals surface area (Å²) in [6, 6.07) is 17.0. The van der Waals surface area contributed by atoms with Gasteiger partial charge in [0.1, 0.15) is 6.10 Å². The van der Waals surface area contributed by atoms with Gasteiger partial charge in [0.25, 0.3) is 11.8 Å². The molecule has 3 rings (SSSR count). The second kappa shape index (κ2) is 8.44. The van der Waals surface area contributed by atoms with Crippen molar-refractivity contribution in [3.8, 4) is 0 Å². The predicted octanol–water partition coefficient (Wildman–Crippen LogP) is 2.78. The zero-order valence-corrected chi connectivity index (χ0v) is 14.0. The molecule has 1 fully saturated rings. The van der Waals surface area contributed by atoms with Gasteiger partial charge >= 0.3 is 0 Å². The molecule has 1 heterocycles. The van der Waals surface area contributed by atoms with E-state index >= 15 is 0 Å². The minimum absolute atomic E-state index is 0.193. The molecule has 2 aromatic carbocycles. The lowest BCUT2D eigenvalue weighted by molar-refractivity contribution is -0.124. The summed E-state index contributed by atoms with van der Waals surface area (Å²) in [5, 5.41) is 5.73. The molecule has 5 heteroatoms. The lowest BCUT2D eigenvalue weighted by Gasteiger charge is -2.14. The number of benzene rings is 2. The fourth-order valence-electron chi connectivity index (χ4n) is 2.85. The Balaban J connectivity index is 1.59. The minimum Gasteiger partial charge on any atom is -0.368 e. The van der Waals surface area contributed by atoms with Crippen LogP contribution in [0.25, 0.3) is 0 Å². The first-order valence-corrected chi connectivity index (χ1v) is 8.57. The maximum absolute atomic E-state index is 12.5. The molecule has 1 aliphatic heterocycles. The molecule has 130 valence electrons. The highest BCUT2D eigenvalue weighted by atomic mass is 16.5. The Morgan fingerprint density at radius 2 is 1.80 bits per heavy atom. The van der Waals surface area contributed by atoms with Gasteiger partial charge in [-0.25, -0.2) is 0 Å². The maximum atomic E-state index is 12.5. The monoisotopic (exact) mass is 338 g/mol. The number of amides is 2. The molecule has 1 saturated heterocycles. The standard InChI is InChI=1S/C20H22N2O3/c23-19(21-13-12-15-7-2-1-3-8-15)16-9-4-5-10-17(16)22-20(24)18-11-6-14-25-18/h1-5,7-10,18H,6,11-14H2,(H,21,23)(H,22,24). The summed E-state index contributed by atoms with van der Waals surface area (Å²) in [5.74, 6) is -0.388. The summed E-state index contributed by atoms with van der Waals surface area (Å²) in [5.41, 5.74) is 2.14. The molecule has 2 aromatic rings. The molecule has 25 heavy (non-hydrogen) atoms. The van der Waals surface area contributed by atoms with Crippen molar-refractivity contribution in [2.45, 2.75) is 25.4 Å². The zero-order chi connectivity index (χ0) is 17.5. The van der Waals surface area contributed by atoms with Crippen molar-refractivity contribution >= 4 is 17.5 Å². The van der Waals surface area contributed by atoms with Gasteiger partial charge in [0, 0.05) is 13.2 Å². The van der Waals surface area contributed by atoms with Crippen molar-refractivity contribution in [1.29, 1.82) is 0 Å². The summed E-state index contributed by atoms with van der Waals surface area (Å²) in [6.07, 6.45) is 1.95. The van der Waals surface area contributed by atoms with Crippen LogP contribution in [0.5, 0.6) is 0 Å². The fourth-order valence-corrected chi connectivity index (χ4v) is 2.85. The maximum Gasteiger partial charge on any atom is 0.253 e. The number of carbonyl (C=O) groups is 2. The summed E-state index contributed by atoms with van der Waals surface area (Å²) < 4.78 is 5.39. The molecule has 1 atom stereocenters. The SMILES string of the molecule is O=C(NCCc1ccccc1)c1ccccc1NC(=O)C1CCCO1. The molecule has 2 amide bonds. The topological polar surface area (TPSA) is 67.4 Å². The summed E-state index contributed by atoms with van der Waals surface area (Å²) in [4.78, 5) is 24.7. The third kappa shape index (κ3) is 4.67. The van der Waals surface area contributed by atoms with E-state index in [-0.39, 0.29) is 11.8 Å². The largest absolute Gasteiger partial charge is 0.368 e. The molecule has 1 unspecified atom stereocenters. The minimum atomic E-state index is -0.422. The lowest BCUT2D eigenvalue weighted by Crippen LogP contribution is -2.30. The second-order valence-corrected chi connectivity index (χ2v) is 6.03. The Morgan fingerprint density at radius 1 is 1.04 bits per heavy atom. The number of hydrogen-bond donors (Lipinski definition) is 2. The Hall–Kier alpha value is -2.66. The van der Waals surface area contributed by atoms with Crippen LogP contribution in [0.1, 0.15) is 28.8 Å². The third-order valence-electron chi connectivity index (χ3n) is 4.19. The van der Waals surface area contributed by atoms with Crippen molar-refractivity contribution < 1.29 is 14.3 Å². The van der Waals surface area contributed by atoms with Gasteiger partial charge in [-0.1, -0.05) is 42.5 Å². The number of hydrogen-bond acceptors (Lipinski definition) is 3. The van der Waals surface area contributed by atoms with Gasteiger partial charge in [-0.15, -0.1) is 0 Å². The highest BCUT2D eigenvalue weighted by Gasteiger charge is 2.24. The van der Waals surface area contributed by atoms with Crippen LogP contribution >= 0.6 is 0 Å². The average Bonchev–Trinajstić information content (AvgIpc) is 3.18. The van der Waals surface area contributed by atoms with Gasteiger partial charge in [0.05, 0.1) is 11.3 Å². The molecule has 0 saturated carbocycles. The zero-order valence-electron chi connectivity index (χ0n) is 14.0. The van der Waals surface area contributed by atoms with Gasteiger partial charge < -0.3 is 15.4 Å². The Labute approximate surface area is 147 Å². The van der Waals surface area contributed by atoms with Crippen LogP contribution in [-0.2, 0) is 16.0 Å². The molecular formula is C20H22N2O3. The van der Waals surface area contributed by atoms with Crippen LogP contribution in [0.2, 0.25) is 0 Å². The molecule has 0 bridgehead atoms. The summed E-state index contributed by atoms with van der Waals surface area (Å²) >= 11 is 0.